The lowest BCUT2D eigenvalue weighted by Gasteiger charge is -2.46. The maximum Gasteiger partial charge on any atom is 0.321 e. The van der Waals surface area contributed by atoms with Crippen LogP contribution in [0.15, 0.2) is 0 Å². The highest BCUT2D eigenvalue weighted by Gasteiger charge is 2.58. The Balaban J connectivity index is 1.95. The van der Waals surface area contributed by atoms with E-state index in [0.29, 0.717) is 5.25 Å². The number of carbonyl (C=O) groups is 1. The monoisotopic (exact) mass is 243 g/mol. The molecule has 2 saturated heterocycles. The minimum Gasteiger partial charge on any atom is -0.480 e. The largest absolute Gasteiger partial charge is 0.480 e. The lowest BCUT2D eigenvalue weighted by molar-refractivity contribution is -0.141. The van der Waals surface area contributed by atoms with Crippen LogP contribution in [0, 0.1) is 5.41 Å². The second-order valence-electron chi connectivity index (χ2n) is 4.95. The summed E-state index contributed by atoms with van der Waals surface area (Å²) in [4.78, 5) is 11.2. The van der Waals surface area contributed by atoms with Crippen LogP contribution >= 0.6 is 11.8 Å². The first-order valence-corrected chi connectivity index (χ1v) is 6.87. The van der Waals surface area contributed by atoms with Crippen LogP contribution in [0.4, 0.5) is 0 Å². The summed E-state index contributed by atoms with van der Waals surface area (Å²) in [7, 11) is 0. The van der Waals surface area contributed by atoms with Crippen molar-refractivity contribution in [1.82, 2.24) is 5.32 Å². The van der Waals surface area contributed by atoms with Crippen LogP contribution < -0.4 is 5.32 Å². The fourth-order valence-corrected chi connectivity index (χ4v) is 4.42. The average molecular weight is 243 g/mol. The van der Waals surface area contributed by atoms with Crippen LogP contribution in [-0.2, 0) is 4.79 Å². The van der Waals surface area contributed by atoms with Gasteiger partial charge in [0.15, 0.2) is 0 Å². The van der Waals surface area contributed by atoms with Crippen molar-refractivity contribution < 1.29 is 14.9 Å². The number of fused-ring (bicyclic) bond motifs is 1. The van der Waals surface area contributed by atoms with Crippen molar-refractivity contribution in [1.29, 1.82) is 0 Å². The maximum atomic E-state index is 11.2. The molecule has 2 aliphatic rings. The van der Waals surface area contributed by atoms with E-state index in [1.807, 2.05) is 11.8 Å². The lowest BCUT2D eigenvalue weighted by Crippen LogP contribution is -2.52. The third kappa shape index (κ3) is 1.98. The van der Waals surface area contributed by atoms with Gasteiger partial charge in [0.25, 0.3) is 6.92 Å². The van der Waals surface area contributed by atoms with Crippen LogP contribution in [0.3, 0.4) is 0 Å². The fourth-order valence-electron chi connectivity index (χ4n) is 2.81. The fraction of sp³-hybridized carbons (Fsp3) is 0.900. The normalized spacial score (nSPS) is 36.6. The molecule has 0 spiro atoms. The van der Waals surface area contributed by atoms with Crippen LogP contribution in [0.25, 0.3) is 0 Å². The number of carboxylic acids is 1. The smallest absolute Gasteiger partial charge is 0.321 e. The van der Waals surface area contributed by atoms with E-state index in [9.17, 15) is 14.9 Å². The Morgan fingerprint density at radius 1 is 1.69 bits per heavy atom. The summed E-state index contributed by atoms with van der Waals surface area (Å²) in [5.74, 6) is 0.224. The van der Waals surface area contributed by atoms with Gasteiger partial charge in [-0.2, -0.15) is 11.8 Å². The Labute approximate surface area is 100 Å². The van der Waals surface area contributed by atoms with E-state index in [1.54, 1.807) is 6.82 Å². The van der Waals surface area contributed by atoms with Gasteiger partial charge in [0.05, 0.1) is 0 Å². The average Bonchev–Trinajstić information content (AvgIpc) is 2.40. The number of carboxylic acid groups (broad SMARTS) is 1. The summed E-state index contributed by atoms with van der Waals surface area (Å²) in [6.07, 6.45) is 2.60. The maximum absolute atomic E-state index is 11.2. The van der Waals surface area contributed by atoms with E-state index in [0.717, 1.165) is 31.5 Å². The molecule has 3 N–H and O–H groups in total. The number of hydrogen-bond acceptors (Lipinski definition) is 4. The molecule has 3 unspecified atom stereocenters. The molecule has 0 saturated carbocycles. The second kappa shape index (κ2) is 4.59. The van der Waals surface area contributed by atoms with Gasteiger partial charge in [-0.25, -0.2) is 0 Å². The highest BCUT2D eigenvalue weighted by molar-refractivity contribution is 8.01. The zero-order valence-electron chi connectivity index (χ0n) is 9.48. The molecule has 0 aliphatic carbocycles. The number of nitrogens with one attached hydrogen (secondary N) is 1. The molecule has 0 bridgehead atoms. The Kier molecular flexibility index (Phi) is 3.52. The molecule has 0 aromatic heterocycles. The summed E-state index contributed by atoms with van der Waals surface area (Å²) in [5, 5.41) is 22.0. The Hall–Kier alpha value is -0.195. The first kappa shape index (κ1) is 12.3. The number of thioether (sulfide) groups is 1. The van der Waals surface area contributed by atoms with Crippen molar-refractivity contribution in [2.45, 2.75) is 37.3 Å². The predicted octanol–water partition coefficient (Wildman–Crippen LogP) is 0.538. The van der Waals surface area contributed by atoms with Gasteiger partial charge in [-0.05, 0) is 12.7 Å². The molecule has 0 radical (unpaired) electrons. The summed E-state index contributed by atoms with van der Waals surface area (Å²) < 4.78 is 0. The summed E-state index contributed by atoms with van der Waals surface area (Å²) >= 11 is 1.87. The van der Waals surface area contributed by atoms with Gasteiger partial charge in [-0.15, -0.1) is 0 Å². The molecule has 16 heavy (non-hydrogen) atoms. The zero-order chi connectivity index (χ0) is 11.8. The van der Waals surface area contributed by atoms with Crippen molar-refractivity contribution >= 4 is 24.6 Å². The lowest BCUT2D eigenvalue weighted by atomic mass is 9.65. The zero-order valence-corrected chi connectivity index (χ0v) is 10.3. The van der Waals surface area contributed by atoms with E-state index in [2.05, 4.69) is 5.32 Å². The van der Waals surface area contributed by atoms with Crippen molar-refractivity contribution in [2.24, 2.45) is 5.41 Å². The van der Waals surface area contributed by atoms with Crippen LogP contribution in [0.2, 0.25) is 13.1 Å². The Bertz CT molecular complexity index is 289. The van der Waals surface area contributed by atoms with Crippen molar-refractivity contribution in [2.75, 3.05) is 12.3 Å². The van der Waals surface area contributed by atoms with Gasteiger partial charge in [0, 0.05) is 23.0 Å². The third-order valence-electron chi connectivity index (χ3n) is 3.79. The second-order valence-corrected chi connectivity index (χ2v) is 6.14. The van der Waals surface area contributed by atoms with Gasteiger partial charge in [-0.3, -0.25) is 4.79 Å². The Morgan fingerprint density at radius 2 is 2.44 bits per heavy atom. The van der Waals surface area contributed by atoms with Crippen LogP contribution in [0.1, 0.15) is 12.8 Å². The van der Waals surface area contributed by atoms with Gasteiger partial charge >= 0.3 is 5.97 Å². The van der Waals surface area contributed by atoms with Crippen LogP contribution in [-0.4, -0.2) is 46.6 Å². The van der Waals surface area contributed by atoms with E-state index in [1.165, 1.54) is 0 Å². The molecular weight excluding hydrogens is 225 g/mol. The number of rotatable bonds is 5. The van der Waals surface area contributed by atoms with Crippen molar-refractivity contribution in [3.05, 3.63) is 0 Å². The predicted molar refractivity (Wildman–Crippen MR) is 66.0 cm³/mol. The van der Waals surface area contributed by atoms with Gasteiger partial charge < -0.3 is 15.4 Å². The van der Waals surface area contributed by atoms with Gasteiger partial charge in [0.1, 0.15) is 6.04 Å². The third-order valence-corrected chi connectivity index (χ3v) is 5.53. The Morgan fingerprint density at radius 3 is 2.94 bits per heavy atom. The summed E-state index contributed by atoms with van der Waals surface area (Å²) in [5.41, 5.74) is -0.0502. The molecule has 2 rings (SSSR count). The SMILES string of the molecule is CB(O)CCCC12CSC1CNC2C(=O)O. The van der Waals surface area contributed by atoms with E-state index in [-0.39, 0.29) is 18.4 Å². The first-order chi connectivity index (χ1) is 7.56. The molecule has 0 aromatic carbocycles. The summed E-state index contributed by atoms with van der Waals surface area (Å²) in [6, 6.07) is -0.382. The minimum atomic E-state index is -0.722. The summed E-state index contributed by atoms with van der Waals surface area (Å²) in [6.45, 7) is 2.32. The molecule has 0 amide bonds. The molecule has 4 nitrogen and oxygen atoms in total. The highest BCUT2D eigenvalue weighted by Crippen LogP contribution is 2.54. The topological polar surface area (TPSA) is 69.6 Å². The minimum absolute atomic E-state index is 0.0502. The van der Waals surface area contributed by atoms with E-state index < -0.39 is 5.97 Å². The standard InChI is InChI=1S/C10H18BNO3S/c1-11(15)4-2-3-10-6-16-7(10)5-12-8(10)9(13)14/h7-8,12,15H,2-6H2,1H3,(H,13,14). The quantitative estimate of drug-likeness (QED) is 0.615. The molecule has 6 heteroatoms. The van der Waals surface area contributed by atoms with E-state index in [4.69, 9.17) is 0 Å². The number of hydrogen-bond donors (Lipinski definition) is 3. The number of aliphatic carboxylic acids is 1. The molecule has 3 atom stereocenters. The molecule has 2 aliphatic heterocycles. The molecule has 2 fully saturated rings. The van der Waals surface area contributed by atoms with Crippen molar-refractivity contribution in [3.8, 4) is 0 Å². The molecule has 90 valence electrons. The van der Waals surface area contributed by atoms with E-state index >= 15 is 0 Å². The van der Waals surface area contributed by atoms with Crippen molar-refractivity contribution in [3.63, 3.8) is 0 Å². The highest BCUT2D eigenvalue weighted by atomic mass is 32.2. The van der Waals surface area contributed by atoms with Gasteiger partial charge in [-0.1, -0.05) is 13.2 Å². The van der Waals surface area contributed by atoms with Crippen LogP contribution in [0.5, 0.6) is 0 Å². The molecule has 0 aromatic rings. The molecule has 2 heterocycles. The molecular formula is C10H18BNO3S. The van der Waals surface area contributed by atoms with Gasteiger partial charge in [0.2, 0.25) is 0 Å². The first-order valence-electron chi connectivity index (χ1n) is 5.82.